The van der Waals surface area contributed by atoms with Crippen LogP contribution in [0.3, 0.4) is 0 Å². The molecule has 0 bridgehead atoms. The molecule has 2 amide bonds. The van der Waals surface area contributed by atoms with Crippen molar-refractivity contribution in [2.24, 2.45) is 29.6 Å². The Labute approximate surface area is 358 Å². The predicted molar refractivity (Wildman–Crippen MR) is 233 cm³/mol. The molecule has 0 saturated heterocycles. The third kappa shape index (κ3) is 12.9. The molecular formula is C45H72N6O8S. The molecule has 0 radical (unpaired) electrons. The van der Waals surface area contributed by atoms with Crippen LogP contribution in [0.1, 0.15) is 117 Å². The van der Waals surface area contributed by atoms with Gasteiger partial charge in [0.15, 0.2) is 9.84 Å². The molecule has 3 unspecified atom stereocenters. The molecule has 336 valence electrons. The van der Waals surface area contributed by atoms with Gasteiger partial charge in [0, 0.05) is 30.4 Å². The lowest BCUT2D eigenvalue weighted by Gasteiger charge is -2.46. The number of H-pyrrole nitrogens is 1. The number of likely N-dealkylation sites (N-methyl/N-ethyl adjacent to an activating group) is 2. The van der Waals surface area contributed by atoms with Crippen LogP contribution < -0.4 is 10.6 Å². The van der Waals surface area contributed by atoms with Gasteiger partial charge in [-0.1, -0.05) is 90.1 Å². The van der Waals surface area contributed by atoms with Crippen molar-refractivity contribution in [1.29, 1.82) is 0 Å². The fourth-order valence-electron chi connectivity index (χ4n) is 9.49. The van der Waals surface area contributed by atoms with Crippen LogP contribution in [0.4, 0.5) is 0 Å². The Kier molecular flexibility index (Phi) is 18.2. The van der Waals surface area contributed by atoms with Gasteiger partial charge in [-0.15, -0.1) is 0 Å². The van der Waals surface area contributed by atoms with E-state index in [1.54, 1.807) is 20.8 Å². The number of carboxylic acids is 2. The molecule has 14 nitrogen and oxygen atoms in total. The average molecular weight is 857 g/mol. The van der Waals surface area contributed by atoms with Gasteiger partial charge in [0.1, 0.15) is 12.1 Å². The number of carbonyl (C=O) groups excluding carboxylic acids is 2. The second-order valence-corrected chi connectivity index (χ2v) is 20.7. The van der Waals surface area contributed by atoms with Gasteiger partial charge in [-0.05, 0) is 96.0 Å². The van der Waals surface area contributed by atoms with E-state index in [0.717, 1.165) is 50.5 Å². The van der Waals surface area contributed by atoms with Crippen LogP contribution in [-0.2, 0) is 35.4 Å². The molecule has 4 rings (SSSR count). The molecule has 2 aliphatic carbocycles. The molecule has 1 aromatic carbocycles. The monoisotopic (exact) mass is 857 g/mol. The van der Waals surface area contributed by atoms with Gasteiger partial charge in [0.25, 0.3) is 0 Å². The van der Waals surface area contributed by atoms with E-state index in [1.807, 2.05) is 67.8 Å². The summed E-state index contributed by atoms with van der Waals surface area (Å²) < 4.78 is 25.8. The summed E-state index contributed by atoms with van der Waals surface area (Å²) in [6, 6.07) is 6.46. The van der Waals surface area contributed by atoms with Crippen molar-refractivity contribution in [1.82, 2.24) is 30.4 Å². The quantitative estimate of drug-likeness (QED) is 0.0860. The van der Waals surface area contributed by atoms with Gasteiger partial charge in [-0.3, -0.25) is 29.0 Å². The molecule has 15 heteroatoms. The topological polar surface area (TPSA) is 202 Å². The predicted octanol–water partition coefficient (Wildman–Crippen LogP) is 5.37. The molecule has 5 N–H and O–H groups in total. The largest absolute Gasteiger partial charge is 0.480 e. The molecule has 2 saturated carbocycles. The molecule has 0 aliphatic heterocycles. The van der Waals surface area contributed by atoms with Crippen molar-refractivity contribution >= 4 is 33.6 Å². The lowest BCUT2D eigenvalue weighted by molar-refractivity contribution is -0.155. The van der Waals surface area contributed by atoms with Crippen LogP contribution in [0.2, 0.25) is 0 Å². The van der Waals surface area contributed by atoms with Gasteiger partial charge in [0.05, 0.1) is 28.7 Å². The SMILES string of the molecule is CCN(CC)C(C(=O)O)C([C@H](C1CC1)C(C(=O)O)N(CC)CC)[C@H](CC1CCCCC1)NC(=O)[C@H](CNC(=O)[C@H](Cc1ccccc1)CS(=O)(=O)C(C)(C)C)c1cnc[nH]1. The van der Waals surface area contributed by atoms with E-state index < -0.39 is 80.1 Å². The second kappa shape index (κ2) is 22.3. The lowest BCUT2D eigenvalue weighted by atomic mass is 9.69. The summed E-state index contributed by atoms with van der Waals surface area (Å²) in [7, 11) is -3.71. The van der Waals surface area contributed by atoms with Crippen LogP contribution in [0, 0.1) is 29.6 Å². The molecule has 7 atom stereocenters. The van der Waals surface area contributed by atoms with Gasteiger partial charge >= 0.3 is 11.9 Å². The summed E-state index contributed by atoms with van der Waals surface area (Å²) in [5.41, 5.74) is 1.23. The summed E-state index contributed by atoms with van der Waals surface area (Å²) >= 11 is 0. The highest BCUT2D eigenvalue weighted by Crippen LogP contribution is 2.48. The van der Waals surface area contributed by atoms with Crippen molar-refractivity contribution in [2.75, 3.05) is 38.5 Å². The Morgan fingerprint density at radius 1 is 0.850 bits per heavy atom. The number of sulfone groups is 1. The third-order valence-corrected chi connectivity index (χ3v) is 15.8. The molecule has 2 aromatic rings. The smallest absolute Gasteiger partial charge is 0.321 e. The Hall–Kier alpha value is -3.82. The minimum atomic E-state index is -3.71. The Balaban J connectivity index is 1.78. The molecule has 1 aromatic heterocycles. The highest BCUT2D eigenvalue weighted by molar-refractivity contribution is 7.92. The minimum Gasteiger partial charge on any atom is -0.480 e. The van der Waals surface area contributed by atoms with Gasteiger partial charge in [0.2, 0.25) is 11.8 Å². The number of amides is 2. The second-order valence-electron chi connectivity index (χ2n) is 17.9. The molecular weight excluding hydrogens is 785 g/mol. The molecule has 2 aliphatic rings. The number of imidazole rings is 1. The number of nitrogens with one attached hydrogen (secondary N) is 3. The maximum Gasteiger partial charge on any atom is 0.321 e. The fourth-order valence-corrected chi connectivity index (χ4v) is 10.8. The van der Waals surface area contributed by atoms with E-state index in [4.69, 9.17) is 0 Å². The Morgan fingerprint density at radius 2 is 1.43 bits per heavy atom. The number of aromatic amines is 1. The first kappa shape index (κ1) is 48.8. The van der Waals surface area contributed by atoms with Gasteiger partial charge in [-0.2, -0.15) is 0 Å². The maximum absolute atomic E-state index is 15.0. The van der Waals surface area contributed by atoms with Crippen LogP contribution in [0.25, 0.3) is 0 Å². The Bertz CT molecular complexity index is 1770. The minimum absolute atomic E-state index is 0.0338. The first-order valence-corrected chi connectivity index (χ1v) is 23.9. The summed E-state index contributed by atoms with van der Waals surface area (Å²) in [6.45, 7) is 14.1. The number of aromatic nitrogens is 2. The Morgan fingerprint density at radius 3 is 1.93 bits per heavy atom. The highest BCUT2D eigenvalue weighted by atomic mass is 32.2. The number of hydrogen-bond donors (Lipinski definition) is 5. The van der Waals surface area contributed by atoms with Crippen molar-refractivity contribution < 1.29 is 37.8 Å². The number of carbonyl (C=O) groups is 4. The molecule has 0 spiro atoms. The van der Waals surface area contributed by atoms with E-state index in [0.29, 0.717) is 38.3 Å². The van der Waals surface area contributed by atoms with E-state index in [1.165, 1.54) is 12.5 Å². The van der Waals surface area contributed by atoms with Crippen LogP contribution >= 0.6 is 0 Å². The van der Waals surface area contributed by atoms with Gasteiger partial charge < -0.3 is 25.8 Å². The summed E-state index contributed by atoms with van der Waals surface area (Å²) in [4.78, 5) is 67.2. The first-order chi connectivity index (χ1) is 28.5. The van der Waals surface area contributed by atoms with Crippen molar-refractivity contribution in [2.45, 2.75) is 135 Å². The van der Waals surface area contributed by atoms with Crippen molar-refractivity contribution in [3.63, 3.8) is 0 Å². The standard InChI is InChI=1S/C45H72N6O8S/c1-8-50(9-2)39(43(54)55)37(32-22-23-32)38(40(44(56)57)51(10-3)11-4)35(25-31-20-16-13-17-21-31)49-42(53)34(36-27-46-29-48-36)26-47-41(52)33(24-30-18-14-12-15-19-30)28-60(58,59)45(5,6)7/h12,14-15,18-19,27,29,31-35,37-40H,8-11,13,16-17,20-26,28H2,1-7H3,(H,46,48)(H,47,52)(H,49,53)(H,54,55)(H,56,57)/t33-,34-,35+,37+,38?,39?,40?/m1/s1. The third-order valence-electron chi connectivity index (χ3n) is 13.1. The zero-order chi connectivity index (χ0) is 44.2. The summed E-state index contributed by atoms with van der Waals surface area (Å²) in [5, 5.41) is 28.4. The number of rotatable bonds is 25. The number of aliphatic carboxylic acids is 2. The number of benzene rings is 1. The molecule has 2 fully saturated rings. The molecule has 1 heterocycles. The highest BCUT2D eigenvalue weighted by Gasteiger charge is 2.54. The lowest BCUT2D eigenvalue weighted by Crippen LogP contribution is -2.62. The van der Waals surface area contributed by atoms with Gasteiger partial charge in [-0.25, -0.2) is 13.4 Å². The first-order valence-electron chi connectivity index (χ1n) is 22.2. The normalized spacial score (nSPS) is 18.9. The summed E-state index contributed by atoms with van der Waals surface area (Å²) in [6.07, 6.45) is 10.2. The number of nitrogens with zero attached hydrogens (tertiary/aromatic N) is 3. The fraction of sp³-hybridized carbons (Fsp3) is 0.711. The van der Waals surface area contributed by atoms with Crippen molar-refractivity contribution in [3.8, 4) is 0 Å². The maximum atomic E-state index is 15.0. The number of hydrogen-bond acceptors (Lipinski definition) is 9. The van der Waals surface area contributed by atoms with E-state index in [-0.39, 0.29) is 30.6 Å². The number of carboxylic acid groups (broad SMARTS) is 2. The van der Waals surface area contributed by atoms with Crippen LogP contribution in [0.5, 0.6) is 0 Å². The van der Waals surface area contributed by atoms with E-state index >= 15 is 0 Å². The molecule has 60 heavy (non-hydrogen) atoms. The zero-order valence-corrected chi connectivity index (χ0v) is 37.8. The summed E-state index contributed by atoms with van der Waals surface area (Å²) in [5.74, 6) is -6.52. The van der Waals surface area contributed by atoms with E-state index in [9.17, 15) is 37.8 Å². The zero-order valence-electron chi connectivity index (χ0n) is 36.9. The van der Waals surface area contributed by atoms with Crippen LogP contribution in [0.15, 0.2) is 42.9 Å². The average Bonchev–Trinajstić information content (AvgIpc) is 3.90. The van der Waals surface area contributed by atoms with Crippen molar-refractivity contribution in [3.05, 3.63) is 54.1 Å². The van der Waals surface area contributed by atoms with E-state index in [2.05, 4.69) is 20.6 Å². The van der Waals surface area contributed by atoms with Crippen LogP contribution in [-0.4, -0.2) is 124 Å².